The predicted octanol–water partition coefficient (Wildman–Crippen LogP) is 3.73. The van der Waals surface area contributed by atoms with Crippen molar-refractivity contribution in [3.8, 4) is 0 Å². The van der Waals surface area contributed by atoms with Crippen molar-refractivity contribution < 1.29 is 22.8 Å². The number of nitrogens with zero attached hydrogens (tertiary/aromatic N) is 1. The Morgan fingerprint density at radius 2 is 1.81 bits per heavy atom. The van der Waals surface area contributed by atoms with Crippen LogP contribution >= 0.6 is 0 Å². The summed E-state index contributed by atoms with van der Waals surface area (Å²) < 4.78 is 32.2. The van der Waals surface area contributed by atoms with Gasteiger partial charge in [0, 0.05) is 6.07 Å². The standard InChI is InChI=1S/C22H30F2N4O3/c1-5-6-18(27-20(29)9-15-7-16(23)10-17(24)8-15)21(30)28-22-26-12-19(31-22)14(4)25-11-13(2)3/h7-8,10,12-14,18,25H,5-6,9,11H2,1-4H3,(H,27,29)(H,26,28,30). The maximum absolute atomic E-state index is 13.3. The maximum atomic E-state index is 13.3. The smallest absolute Gasteiger partial charge is 0.301 e. The number of carbonyl (C=O) groups is 2. The molecule has 0 spiro atoms. The molecule has 2 amide bonds. The predicted molar refractivity (Wildman–Crippen MR) is 113 cm³/mol. The summed E-state index contributed by atoms with van der Waals surface area (Å²) in [6, 6.07) is 2.04. The molecule has 0 aliphatic heterocycles. The van der Waals surface area contributed by atoms with Crippen molar-refractivity contribution in [2.45, 2.75) is 59.0 Å². The van der Waals surface area contributed by atoms with Gasteiger partial charge in [-0.25, -0.2) is 13.8 Å². The summed E-state index contributed by atoms with van der Waals surface area (Å²) in [4.78, 5) is 29.0. The summed E-state index contributed by atoms with van der Waals surface area (Å²) in [6.45, 7) is 8.81. The van der Waals surface area contributed by atoms with Gasteiger partial charge in [-0.1, -0.05) is 27.2 Å². The largest absolute Gasteiger partial charge is 0.427 e. The Hall–Kier alpha value is -2.81. The monoisotopic (exact) mass is 436 g/mol. The van der Waals surface area contributed by atoms with Crippen LogP contribution in [0, 0.1) is 17.6 Å². The van der Waals surface area contributed by atoms with E-state index in [1.165, 1.54) is 0 Å². The molecule has 0 radical (unpaired) electrons. The van der Waals surface area contributed by atoms with E-state index in [4.69, 9.17) is 4.42 Å². The first-order valence-electron chi connectivity index (χ1n) is 10.4. The molecule has 170 valence electrons. The molecule has 1 heterocycles. The van der Waals surface area contributed by atoms with Crippen molar-refractivity contribution in [2.24, 2.45) is 5.92 Å². The van der Waals surface area contributed by atoms with Gasteiger partial charge in [-0.05, 0) is 43.5 Å². The van der Waals surface area contributed by atoms with Gasteiger partial charge in [0.15, 0.2) is 0 Å². The van der Waals surface area contributed by atoms with Crippen molar-refractivity contribution >= 4 is 17.8 Å². The van der Waals surface area contributed by atoms with E-state index in [1.54, 1.807) is 6.20 Å². The zero-order valence-electron chi connectivity index (χ0n) is 18.3. The van der Waals surface area contributed by atoms with E-state index in [2.05, 4.69) is 34.8 Å². The van der Waals surface area contributed by atoms with Crippen LogP contribution in [-0.2, 0) is 16.0 Å². The summed E-state index contributed by atoms with van der Waals surface area (Å²) in [5, 5.41) is 8.49. The Morgan fingerprint density at radius 1 is 1.13 bits per heavy atom. The number of oxazole rings is 1. The van der Waals surface area contributed by atoms with Gasteiger partial charge in [-0.3, -0.25) is 14.9 Å². The molecule has 0 aliphatic carbocycles. The average Bonchev–Trinajstić information content (AvgIpc) is 3.13. The Balaban J connectivity index is 1.96. The minimum atomic E-state index is -0.831. The van der Waals surface area contributed by atoms with Gasteiger partial charge in [0.05, 0.1) is 18.7 Å². The van der Waals surface area contributed by atoms with Crippen molar-refractivity contribution in [1.29, 1.82) is 0 Å². The Morgan fingerprint density at radius 3 is 2.42 bits per heavy atom. The highest BCUT2D eigenvalue weighted by Gasteiger charge is 2.22. The fourth-order valence-corrected chi connectivity index (χ4v) is 2.95. The van der Waals surface area contributed by atoms with Gasteiger partial charge >= 0.3 is 6.01 Å². The number of aromatic nitrogens is 1. The molecule has 2 aromatic rings. The Labute approximate surface area is 181 Å². The highest BCUT2D eigenvalue weighted by atomic mass is 19.1. The molecule has 31 heavy (non-hydrogen) atoms. The van der Waals surface area contributed by atoms with Crippen molar-refractivity contribution in [1.82, 2.24) is 15.6 Å². The SMILES string of the molecule is CCCC(NC(=O)Cc1cc(F)cc(F)c1)C(=O)Nc1ncc(C(C)NCC(C)C)o1. The molecule has 3 N–H and O–H groups in total. The van der Waals surface area contributed by atoms with E-state index in [0.29, 0.717) is 24.5 Å². The number of amides is 2. The summed E-state index contributed by atoms with van der Waals surface area (Å²) >= 11 is 0. The number of nitrogens with one attached hydrogen (secondary N) is 3. The number of rotatable bonds is 11. The van der Waals surface area contributed by atoms with Gasteiger partial charge in [0.2, 0.25) is 5.91 Å². The van der Waals surface area contributed by atoms with E-state index in [1.807, 2.05) is 13.8 Å². The molecule has 2 rings (SSSR count). The first-order chi connectivity index (χ1) is 14.7. The van der Waals surface area contributed by atoms with Gasteiger partial charge < -0.3 is 15.1 Å². The average molecular weight is 437 g/mol. The first kappa shape index (κ1) is 24.5. The number of benzene rings is 1. The lowest BCUT2D eigenvalue weighted by atomic mass is 10.1. The molecule has 7 nitrogen and oxygen atoms in total. The van der Waals surface area contributed by atoms with E-state index in [-0.39, 0.29) is 24.0 Å². The van der Waals surface area contributed by atoms with Crippen LogP contribution in [0.25, 0.3) is 0 Å². The van der Waals surface area contributed by atoms with Crippen LogP contribution in [0.15, 0.2) is 28.8 Å². The van der Waals surface area contributed by atoms with E-state index in [0.717, 1.165) is 24.7 Å². The minimum Gasteiger partial charge on any atom is -0.427 e. The second kappa shape index (κ2) is 11.5. The number of carbonyl (C=O) groups excluding carboxylic acids is 2. The Bertz CT molecular complexity index is 865. The van der Waals surface area contributed by atoms with Crippen LogP contribution in [0.1, 0.15) is 57.9 Å². The normalized spacial score (nSPS) is 13.1. The van der Waals surface area contributed by atoms with Crippen LogP contribution < -0.4 is 16.0 Å². The van der Waals surface area contributed by atoms with Crippen molar-refractivity contribution in [3.05, 3.63) is 47.4 Å². The zero-order chi connectivity index (χ0) is 23.0. The fourth-order valence-electron chi connectivity index (χ4n) is 2.95. The Kier molecular flexibility index (Phi) is 9.11. The number of anilines is 1. The molecule has 0 aliphatic rings. The van der Waals surface area contributed by atoms with Crippen LogP contribution in [0.2, 0.25) is 0 Å². The molecular weight excluding hydrogens is 406 g/mol. The fraction of sp³-hybridized carbons (Fsp3) is 0.500. The number of hydrogen-bond acceptors (Lipinski definition) is 5. The van der Waals surface area contributed by atoms with Gasteiger partial charge in [0.25, 0.3) is 5.91 Å². The lowest BCUT2D eigenvalue weighted by Gasteiger charge is -2.17. The third-order valence-electron chi connectivity index (χ3n) is 4.53. The van der Waals surface area contributed by atoms with Gasteiger partial charge in [-0.2, -0.15) is 0 Å². The third kappa shape index (κ3) is 8.09. The number of hydrogen-bond donors (Lipinski definition) is 3. The molecule has 0 saturated heterocycles. The summed E-state index contributed by atoms with van der Waals surface area (Å²) in [5.74, 6) is -1.45. The van der Waals surface area contributed by atoms with Crippen LogP contribution in [-0.4, -0.2) is 29.4 Å². The highest BCUT2D eigenvalue weighted by molar-refractivity contribution is 5.96. The quantitative estimate of drug-likeness (QED) is 0.499. The second-order valence-corrected chi connectivity index (χ2v) is 7.94. The lowest BCUT2D eigenvalue weighted by Crippen LogP contribution is -2.44. The zero-order valence-corrected chi connectivity index (χ0v) is 18.3. The molecular formula is C22H30F2N4O3. The van der Waals surface area contributed by atoms with Crippen molar-refractivity contribution in [3.63, 3.8) is 0 Å². The van der Waals surface area contributed by atoms with Gasteiger partial charge in [0.1, 0.15) is 23.4 Å². The molecule has 0 bridgehead atoms. The third-order valence-corrected chi connectivity index (χ3v) is 4.53. The summed E-state index contributed by atoms with van der Waals surface area (Å²) in [5.41, 5.74) is 0.186. The second-order valence-electron chi connectivity index (χ2n) is 7.94. The van der Waals surface area contributed by atoms with Crippen LogP contribution in [0.5, 0.6) is 0 Å². The van der Waals surface area contributed by atoms with Gasteiger partial charge in [-0.15, -0.1) is 0 Å². The molecule has 1 aromatic heterocycles. The summed E-state index contributed by atoms with van der Waals surface area (Å²) in [7, 11) is 0. The highest BCUT2D eigenvalue weighted by Crippen LogP contribution is 2.17. The molecule has 2 atom stereocenters. The molecule has 2 unspecified atom stereocenters. The lowest BCUT2D eigenvalue weighted by molar-refractivity contribution is -0.126. The molecule has 0 fully saturated rings. The van der Waals surface area contributed by atoms with E-state index < -0.39 is 29.5 Å². The minimum absolute atomic E-state index is 0.0424. The maximum Gasteiger partial charge on any atom is 0.301 e. The van der Waals surface area contributed by atoms with Crippen LogP contribution in [0.4, 0.5) is 14.8 Å². The molecule has 0 saturated carbocycles. The molecule has 9 heteroatoms. The molecule has 1 aromatic carbocycles. The topological polar surface area (TPSA) is 96.3 Å². The summed E-state index contributed by atoms with van der Waals surface area (Å²) in [6.07, 6.45) is 2.32. The number of halogens is 2. The van der Waals surface area contributed by atoms with E-state index in [9.17, 15) is 18.4 Å². The first-order valence-corrected chi connectivity index (χ1v) is 10.4. The van der Waals surface area contributed by atoms with Crippen molar-refractivity contribution in [2.75, 3.05) is 11.9 Å². The van der Waals surface area contributed by atoms with Crippen LogP contribution in [0.3, 0.4) is 0 Å². The van der Waals surface area contributed by atoms with E-state index >= 15 is 0 Å².